The predicted octanol–water partition coefficient (Wildman–Crippen LogP) is 4.23. The van der Waals surface area contributed by atoms with Gasteiger partial charge in [-0.1, -0.05) is 43.9 Å². The van der Waals surface area contributed by atoms with Crippen LogP contribution in [0, 0.1) is 20.8 Å². The average molecular weight is 220 g/mol. The number of hydrogen-bond donors (Lipinski definition) is 1. The van der Waals surface area contributed by atoms with E-state index in [9.17, 15) is 5.11 Å². The van der Waals surface area contributed by atoms with Crippen molar-refractivity contribution in [1.82, 2.24) is 0 Å². The zero-order valence-corrected chi connectivity index (χ0v) is 11.0. The van der Waals surface area contributed by atoms with Gasteiger partial charge in [0.2, 0.25) is 0 Å². The molecular formula is C15H24O. The molecule has 0 aliphatic carbocycles. The lowest BCUT2D eigenvalue weighted by atomic mass is 9.93. The third-order valence-electron chi connectivity index (χ3n) is 3.15. The summed E-state index contributed by atoms with van der Waals surface area (Å²) in [6.45, 7) is 8.48. The molecular weight excluding hydrogens is 196 g/mol. The molecule has 0 fully saturated rings. The van der Waals surface area contributed by atoms with E-state index < -0.39 is 0 Å². The Hall–Kier alpha value is -0.820. The zero-order chi connectivity index (χ0) is 12.1. The van der Waals surface area contributed by atoms with Gasteiger partial charge in [0.1, 0.15) is 0 Å². The minimum absolute atomic E-state index is 0.285. The second kappa shape index (κ2) is 6.05. The second-order valence-electron chi connectivity index (χ2n) is 4.82. The Morgan fingerprint density at radius 3 is 2.12 bits per heavy atom. The number of hydrogen-bond acceptors (Lipinski definition) is 1. The number of aryl methyl sites for hydroxylation is 3. The largest absolute Gasteiger partial charge is 0.388 e. The maximum Gasteiger partial charge on any atom is 0.0795 e. The van der Waals surface area contributed by atoms with Crippen LogP contribution in [0.2, 0.25) is 0 Å². The van der Waals surface area contributed by atoms with E-state index >= 15 is 0 Å². The average Bonchev–Trinajstić information content (AvgIpc) is 2.16. The Kier molecular flexibility index (Phi) is 5.01. The quantitative estimate of drug-likeness (QED) is 0.736. The van der Waals surface area contributed by atoms with Crippen LogP contribution >= 0.6 is 0 Å². The summed E-state index contributed by atoms with van der Waals surface area (Å²) in [5.74, 6) is 0. The highest BCUT2D eigenvalue weighted by molar-refractivity contribution is 5.38. The van der Waals surface area contributed by atoms with Crippen molar-refractivity contribution in [2.45, 2.75) is 59.5 Å². The Labute approximate surface area is 99.5 Å². The first-order chi connectivity index (χ1) is 7.56. The summed E-state index contributed by atoms with van der Waals surface area (Å²) in [7, 11) is 0. The molecule has 0 heterocycles. The van der Waals surface area contributed by atoms with Gasteiger partial charge in [-0.25, -0.2) is 0 Å². The van der Waals surface area contributed by atoms with Gasteiger partial charge in [0, 0.05) is 0 Å². The summed E-state index contributed by atoms with van der Waals surface area (Å²) in [5.41, 5.74) is 4.87. The number of aliphatic hydroxyl groups excluding tert-OH is 1. The second-order valence-corrected chi connectivity index (χ2v) is 4.82. The van der Waals surface area contributed by atoms with Crippen molar-refractivity contribution >= 4 is 0 Å². The van der Waals surface area contributed by atoms with Crippen LogP contribution in [0.1, 0.15) is 61.0 Å². The Morgan fingerprint density at radius 2 is 1.62 bits per heavy atom. The van der Waals surface area contributed by atoms with Gasteiger partial charge < -0.3 is 5.11 Å². The molecule has 1 aromatic rings. The maximum absolute atomic E-state index is 10.2. The summed E-state index contributed by atoms with van der Waals surface area (Å²) in [6, 6.07) is 4.32. The fourth-order valence-electron chi connectivity index (χ4n) is 2.45. The van der Waals surface area contributed by atoms with E-state index in [0.717, 1.165) is 18.4 Å². The van der Waals surface area contributed by atoms with Gasteiger partial charge in [-0.3, -0.25) is 0 Å². The molecule has 0 aliphatic rings. The number of unbranched alkanes of at least 4 members (excludes halogenated alkanes) is 2. The van der Waals surface area contributed by atoms with E-state index in [4.69, 9.17) is 0 Å². The van der Waals surface area contributed by atoms with Crippen LogP contribution in [0.15, 0.2) is 12.1 Å². The Bertz CT molecular complexity index is 318. The Balaban J connectivity index is 2.78. The van der Waals surface area contributed by atoms with Crippen LogP contribution in [-0.4, -0.2) is 5.11 Å². The van der Waals surface area contributed by atoms with Crippen molar-refractivity contribution in [1.29, 1.82) is 0 Å². The molecule has 0 saturated heterocycles. The van der Waals surface area contributed by atoms with Gasteiger partial charge in [-0.15, -0.1) is 0 Å². The zero-order valence-electron chi connectivity index (χ0n) is 11.0. The molecule has 1 atom stereocenters. The summed E-state index contributed by atoms with van der Waals surface area (Å²) in [5, 5.41) is 10.2. The first-order valence-electron chi connectivity index (χ1n) is 6.32. The molecule has 1 rings (SSSR count). The highest BCUT2D eigenvalue weighted by atomic mass is 16.3. The van der Waals surface area contributed by atoms with E-state index in [2.05, 4.69) is 39.8 Å². The van der Waals surface area contributed by atoms with E-state index in [1.807, 2.05) is 0 Å². The van der Waals surface area contributed by atoms with Crippen molar-refractivity contribution in [3.05, 3.63) is 34.4 Å². The molecule has 0 aromatic heterocycles. The van der Waals surface area contributed by atoms with Gasteiger partial charge in [0.25, 0.3) is 0 Å². The lowest BCUT2D eigenvalue weighted by Crippen LogP contribution is -2.03. The van der Waals surface area contributed by atoms with Gasteiger partial charge in [-0.05, 0) is 43.9 Å². The van der Waals surface area contributed by atoms with Crippen molar-refractivity contribution in [3.63, 3.8) is 0 Å². The van der Waals surface area contributed by atoms with Gasteiger partial charge in [0.15, 0.2) is 0 Å². The third-order valence-corrected chi connectivity index (χ3v) is 3.15. The SMILES string of the molecule is CCCCCC(O)c1c(C)cc(C)cc1C. The predicted molar refractivity (Wildman–Crippen MR) is 69.8 cm³/mol. The van der Waals surface area contributed by atoms with Crippen LogP contribution in [0.5, 0.6) is 0 Å². The van der Waals surface area contributed by atoms with Crippen LogP contribution in [0.3, 0.4) is 0 Å². The molecule has 1 heteroatoms. The molecule has 0 spiro atoms. The fourth-order valence-corrected chi connectivity index (χ4v) is 2.45. The number of benzene rings is 1. The smallest absolute Gasteiger partial charge is 0.0795 e. The lowest BCUT2D eigenvalue weighted by Gasteiger charge is -2.17. The van der Waals surface area contributed by atoms with Crippen molar-refractivity contribution in [2.75, 3.05) is 0 Å². The lowest BCUT2D eigenvalue weighted by molar-refractivity contribution is 0.162. The Morgan fingerprint density at radius 1 is 1.06 bits per heavy atom. The maximum atomic E-state index is 10.2. The van der Waals surface area contributed by atoms with Crippen LogP contribution in [-0.2, 0) is 0 Å². The van der Waals surface area contributed by atoms with Gasteiger partial charge in [0.05, 0.1) is 6.10 Å². The fraction of sp³-hybridized carbons (Fsp3) is 0.600. The summed E-state index contributed by atoms with van der Waals surface area (Å²) >= 11 is 0. The molecule has 0 amide bonds. The third kappa shape index (κ3) is 3.34. The van der Waals surface area contributed by atoms with Crippen LogP contribution in [0.4, 0.5) is 0 Å². The summed E-state index contributed by atoms with van der Waals surface area (Å²) in [4.78, 5) is 0. The number of rotatable bonds is 5. The summed E-state index contributed by atoms with van der Waals surface area (Å²) in [6.07, 6.45) is 4.13. The van der Waals surface area contributed by atoms with Gasteiger partial charge in [-0.2, -0.15) is 0 Å². The topological polar surface area (TPSA) is 20.2 Å². The first-order valence-corrected chi connectivity index (χ1v) is 6.32. The van der Waals surface area contributed by atoms with Crippen molar-refractivity contribution < 1.29 is 5.11 Å². The summed E-state index contributed by atoms with van der Waals surface area (Å²) < 4.78 is 0. The molecule has 1 aromatic carbocycles. The molecule has 16 heavy (non-hydrogen) atoms. The van der Waals surface area contributed by atoms with E-state index in [1.165, 1.54) is 29.5 Å². The molecule has 0 saturated carbocycles. The highest BCUT2D eigenvalue weighted by Gasteiger charge is 2.13. The molecule has 0 aliphatic heterocycles. The van der Waals surface area contributed by atoms with Crippen molar-refractivity contribution in [3.8, 4) is 0 Å². The molecule has 1 N–H and O–H groups in total. The van der Waals surface area contributed by atoms with Gasteiger partial charge >= 0.3 is 0 Å². The molecule has 90 valence electrons. The first kappa shape index (κ1) is 13.2. The standard InChI is InChI=1S/C15H24O/c1-5-6-7-8-14(16)15-12(3)9-11(2)10-13(15)4/h9-10,14,16H,5-8H2,1-4H3. The molecule has 1 nitrogen and oxygen atoms in total. The normalized spacial score (nSPS) is 12.8. The molecule has 1 unspecified atom stereocenters. The molecule has 0 radical (unpaired) electrons. The molecule has 0 bridgehead atoms. The van der Waals surface area contributed by atoms with E-state index in [0.29, 0.717) is 0 Å². The minimum atomic E-state index is -0.285. The highest BCUT2D eigenvalue weighted by Crippen LogP contribution is 2.27. The van der Waals surface area contributed by atoms with E-state index in [-0.39, 0.29) is 6.10 Å². The minimum Gasteiger partial charge on any atom is -0.388 e. The van der Waals surface area contributed by atoms with Crippen LogP contribution in [0.25, 0.3) is 0 Å². The van der Waals surface area contributed by atoms with Crippen LogP contribution < -0.4 is 0 Å². The van der Waals surface area contributed by atoms with Crippen molar-refractivity contribution in [2.24, 2.45) is 0 Å². The number of aliphatic hydroxyl groups is 1. The monoisotopic (exact) mass is 220 g/mol. The van der Waals surface area contributed by atoms with E-state index in [1.54, 1.807) is 0 Å².